The van der Waals surface area contributed by atoms with Crippen LogP contribution in [-0.4, -0.2) is 56.4 Å². The number of carbonyl (C=O) groups is 3. The molecule has 0 saturated carbocycles. The third-order valence-electron chi connectivity index (χ3n) is 5.28. The van der Waals surface area contributed by atoms with Gasteiger partial charge >= 0.3 is 0 Å². The highest BCUT2D eigenvalue weighted by Crippen LogP contribution is 2.37. The first kappa shape index (κ1) is 15.1. The third-order valence-corrected chi connectivity index (χ3v) is 5.28. The molecule has 3 amide bonds. The first-order valence-corrected chi connectivity index (χ1v) is 8.29. The largest absolute Gasteiger partial charge is 0.333 e. The number of aryl methyl sites for hydroxylation is 2. The van der Waals surface area contributed by atoms with Gasteiger partial charge in [0.05, 0.1) is 23.6 Å². The smallest absolute Gasteiger partial charge is 0.272 e. The second-order valence-electron chi connectivity index (χ2n) is 6.86. The summed E-state index contributed by atoms with van der Waals surface area (Å²) in [5, 5.41) is 4.19. The molecule has 1 aromatic heterocycles. The van der Waals surface area contributed by atoms with Gasteiger partial charge in [-0.2, -0.15) is 5.10 Å². The molecule has 3 aliphatic rings. The number of nitrogens with zero attached hydrogens (tertiary/aromatic N) is 4. The number of rotatable bonds is 2. The van der Waals surface area contributed by atoms with Crippen molar-refractivity contribution in [2.24, 2.45) is 18.9 Å². The Hall–Kier alpha value is -2.44. The first-order chi connectivity index (χ1) is 11.5. The molecule has 7 heteroatoms. The van der Waals surface area contributed by atoms with Crippen LogP contribution in [0.1, 0.15) is 29.0 Å². The number of fused-ring (bicyclic) bond motifs is 1. The van der Waals surface area contributed by atoms with Crippen molar-refractivity contribution in [3.63, 3.8) is 0 Å². The first-order valence-electron chi connectivity index (χ1n) is 8.29. The topological polar surface area (TPSA) is 75.5 Å². The van der Waals surface area contributed by atoms with Gasteiger partial charge in [-0.25, -0.2) is 0 Å². The molecule has 1 aliphatic carbocycles. The molecule has 126 valence electrons. The van der Waals surface area contributed by atoms with Crippen molar-refractivity contribution in [2.45, 2.75) is 25.8 Å². The van der Waals surface area contributed by atoms with Gasteiger partial charge in [0, 0.05) is 20.1 Å². The van der Waals surface area contributed by atoms with Crippen LogP contribution in [0.5, 0.6) is 0 Å². The summed E-state index contributed by atoms with van der Waals surface area (Å²) in [5.74, 6) is -0.642. The van der Waals surface area contributed by atoms with E-state index in [1.165, 1.54) is 4.90 Å². The highest BCUT2D eigenvalue weighted by molar-refractivity contribution is 6.06. The Balaban J connectivity index is 1.44. The number of carbonyl (C=O) groups excluding carboxylic acids is 3. The van der Waals surface area contributed by atoms with Gasteiger partial charge in [-0.3, -0.25) is 24.0 Å². The number of allylic oxidation sites excluding steroid dienone is 2. The maximum absolute atomic E-state index is 12.5. The standard InChI is InChI=1S/C17H20N4O3/c1-10-7-14(19(2)18-10)17(24)20-8-11(9-20)21-15(22)12-5-3-4-6-13(12)16(21)23/h3-4,7,11-13H,5-6,8-9H2,1-2H3. The highest BCUT2D eigenvalue weighted by atomic mass is 16.2. The Morgan fingerprint density at radius 3 is 2.21 bits per heavy atom. The zero-order valence-electron chi connectivity index (χ0n) is 13.8. The molecule has 2 unspecified atom stereocenters. The lowest BCUT2D eigenvalue weighted by molar-refractivity contribution is -0.145. The van der Waals surface area contributed by atoms with Crippen LogP contribution >= 0.6 is 0 Å². The van der Waals surface area contributed by atoms with Gasteiger partial charge in [0.15, 0.2) is 0 Å². The molecule has 4 rings (SSSR count). The van der Waals surface area contributed by atoms with Gasteiger partial charge in [-0.05, 0) is 25.8 Å². The lowest BCUT2D eigenvalue weighted by atomic mass is 9.85. The van der Waals surface area contributed by atoms with Gasteiger partial charge in [-0.1, -0.05) is 12.2 Å². The lowest BCUT2D eigenvalue weighted by Crippen LogP contribution is -2.62. The average molecular weight is 328 g/mol. The molecule has 0 bridgehead atoms. The number of amides is 3. The quantitative estimate of drug-likeness (QED) is 0.585. The molecule has 0 aromatic carbocycles. The molecule has 2 atom stereocenters. The van der Waals surface area contributed by atoms with Crippen molar-refractivity contribution in [2.75, 3.05) is 13.1 Å². The molecule has 7 nitrogen and oxygen atoms in total. The molecule has 2 saturated heterocycles. The van der Waals surface area contributed by atoms with E-state index in [0.29, 0.717) is 31.6 Å². The van der Waals surface area contributed by atoms with Crippen molar-refractivity contribution in [3.05, 3.63) is 29.6 Å². The highest BCUT2D eigenvalue weighted by Gasteiger charge is 2.52. The van der Waals surface area contributed by atoms with Crippen LogP contribution in [0.15, 0.2) is 18.2 Å². The summed E-state index contributed by atoms with van der Waals surface area (Å²) in [6, 6.07) is 1.57. The van der Waals surface area contributed by atoms with Crippen LogP contribution in [0, 0.1) is 18.8 Å². The Labute approximate surface area is 139 Å². The molecule has 2 aliphatic heterocycles. The normalized spacial score (nSPS) is 26.8. The molecule has 0 N–H and O–H groups in total. The Kier molecular flexibility index (Phi) is 3.33. The van der Waals surface area contributed by atoms with E-state index in [0.717, 1.165) is 5.69 Å². The van der Waals surface area contributed by atoms with E-state index in [-0.39, 0.29) is 35.6 Å². The molecule has 24 heavy (non-hydrogen) atoms. The van der Waals surface area contributed by atoms with E-state index < -0.39 is 0 Å². The number of hydrogen-bond donors (Lipinski definition) is 0. The Bertz CT molecular complexity index is 734. The predicted octanol–water partition coefficient (Wildman–Crippen LogP) is 0.504. The van der Waals surface area contributed by atoms with E-state index in [2.05, 4.69) is 5.10 Å². The SMILES string of the molecule is Cc1cc(C(=O)N2CC(N3C(=O)C4CC=CCC4C3=O)C2)n(C)n1. The molecule has 0 radical (unpaired) electrons. The second kappa shape index (κ2) is 5.29. The lowest BCUT2D eigenvalue weighted by Gasteiger charge is -2.43. The Morgan fingerprint density at radius 2 is 1.71 bits per heavy atom. The van der Waals surface area contributed by atoms with Crippen LogP contribution in [0.2, 0.25) is 0 Å². The van der Waals surface area contributed by atoms with Gasteiger partial charge in [0.2, 0.25) is 11.8 Å². The van der Waals surface area contributed by atoms with E-state index in [9.17, 15) is 14.4 Å². The summed E-state index contributed by atoms with van der Waals surface area (Å²) < 4.78 is 1.57. The minimum Gasteiger partial charge on any atom is -0.333 e. The maximum Gasteiger partial charge on any atom is 0.272 e. The zero-order valence-corrected chi connectivity index (χ0v) is 13.8. The van der Waals surface area contributed by atoms with Crippen LogP contribution in [0.4, 0.5) is 0 Å². The summed E-state index contributed by atoms with van der Waals surface area (Å²) in [5.41, 5.74) is 1.32. The molecule has 3 heterocycles. The fourth-order valence-electron chi connectivity index (χ4n) is 3.94. The number of hydrogen-bond acceptors (Lipinski definition) is 4. The summed E-state index contributed by atoms with van der Waals surface area (Å²) in [4.78, 5) is 40.7. The second-order valence-corrected chi connectivity index (χ2v) is 6.86. The molecular formula is C17H20N4O3. The monoisotopic (exact) mass is 328 g/mol. The van der Waals surface area contributed by atoms with Gasteiger partial charge in [0.1, 0.15) is 5.69 Å². The molecule has 0 spiro atoms. The fraction of sp³-hybridized carbons (Fsp3) is 0.529. The van der Waals surface area contributed by atoms with Crippen LogP contribution in [0.25, 0.3) is 0 Å². The molecular weight excluding hydrogens is 308 g/mol. The summed E-state index contributed by atoms with van der Waals surface area (Å²) in [6.07, 6.45) is 5.26. The van der Waals surface area contributed by atoms with E-state index >= 15 is 0 Å². The summed E-state index contributed by atoms with van der Waals surface area (Å²) >= 11 is 0. The molecule has 1 aromatic rings. The van der Waals surface area contributed by atoms with Crippen molar-refractivity contribution in [3.8, 4) is 0 Å². The zero-order chi connectivity index (χ0) is 17.0. The Morgan fingerprint density at radius 1 is 1.12 bits per heavy atom. The van der Waals surface area contributed by atoms with Crippen LogP contribution in [0.3, 0.4) is 0 Å². The maximum atomic E-state index is 12.5. The number of likely N-dealkylation sites (tertiary alicyclic amines) is 2. The number of imide groups is 1. The van der Waals surface area contributed by atoms with Crippen molar-refractivity contribution < 1.29 is 14.4 Å². The average Bonchev–Trinajstić information content (AvgIpc) is 2.98. The third kappa shape index (κ3) is 2.11. The van der Waals surface area contributed by atoms with Crippen LogP contribution < -0.4 is 0 Å². The van der Waals surface area contributed by atoms with E-state index in [1.807, 2.05) is 19.1 Å². The van der Waals surface area contributed by atoms with Crippen molar-refractivity contribution in [1.82, 2.24) is 19.6 Å². The van der Waals surface area contributed by atoms with E-state index in [1.54, 1.807) is 22.7 Å². The van der Waals surface area contributed by atoms with E-state index in [4.69, 9.17) is 0 Å². The minimum atomic E-state index is -0.202. The van der Waals surface area contributed by atoms with Crippen LogP contribution in [-0.2, 0) is 16.6 Å². The minimum absolute atomic E-state index is 0.0668. The molecule has 2 fully saturated rings. The van der Waals surface area contributed by atoms with Crippen molar-refractivity contribution >= 4 is 17.7 Å². The van der Waals surface area contributed by atoms with Gasteiger partial charge < -0.3 is 4.90 Å². The van der Waals surface area contributed by atoms with Gasteiger partial charge in [0.25, 0.3) is 5.91 Å². The fourth-order valence-corrected chi connectivity index (χ4v) is 3.94. The predicted molar refractivity (Wildman–Crippen MR) is 84.8 cm³/mol. The van der Waals surface area contributed by atoms with Gasteiger partial charge in [-0.15, -0.1) is 0 Å². The summed E-state index contributed by atoms with van der Waals surface area (Å²) in [6.45, 7) is 2.66. The number of aromatic nitrogens is 2. The van der Waals surface area contributed by atoms with Crippen molar-refractivity contribution in [1.29, 1.82) is 0 Å². The summed E-state index contributed by atoms with van der Waals surface area (Å²) in [7, 11) is 1.74.